The van der Waals surface area contributed by atoms with Crippen LogP contribution in [0.3, 0.4) is 0 Å². The summed E-state index contributed by atoms with van der Waals surface area (Å²) < 4.78 is 19.6. The Kier molecular flexibility index (Phi) is 6.81. The predicted molar refractivity (Wildman–Crippen MR) is 138 cm³/mol. The summed E-state index contributed by atoms with van der Waals surface area (Å²) in [5.74, 6) is 2.04. The number of para-hydroxylation sites is 1. The second-order valence-electron chi connectivity index (χ2n) is 7.67. The molecule has 5 aromatic rings. The Labute approximate surface area is 215 Å². The van der Waals surface area contributed by atoms with Gasteiger partial charge in [0.05, 0.1) is 37.6 Å². The lowest BCUT2D eigenvalue weighted by Crippen LogP contribution is -2.15. The smallest absolute Gasteiger partial charge is 0.273 e. The first-order valence-corrected chi connectivity index (χ1v) is 12.1. The Morgan fingerprint density at radius 3 is 2.62 bits per heavy atom. The average Bonchev–Trinajstić information content (AvgIpc) is 3.67. The third kappa shape index (κ3) is 5.00. The lowest BCUT2D eigenvalue weighted by atomic mass is 10.2. The minimum Gasteiger partial charge on any atom is -0.497 e. The molecule has 1 amide bonds. The number of amides is 1. The number of aromatic amines is 1. The van der Waals surface area contributed by atoms with Crippen molar-refractivity contribution in [3.63, 3.8) is 0 Å². The number of aromatic nitrogens is 5. The molecule has 0 fully saturated rings. The number of ether oxygens (including phenoxy) is 2. The molecule has 0 atom stereocenters. The SMILES string of the molecule is COc1ccc(OC)c(-n2c(SCC(=O)Nc3cc(=O)n(-c4ccccc4)[nH]3)nnc2-c2ccco2)c1. The molecule has 37 heavy (non-hydrogen) atoms. The highest BCUT2D eigenvalue weighted by atomic mass is 32.2. The number of hydrogen-bond donors (Lipinski definition) is 2. The molecule has 0 radical (unpaired) electrons. The maximum atomic E-state index is 12.8. The van der Waals surface area contributed by atoms with E-state index in [9.17, 15) is 9.59 Å². The van der Waals surface area contributed by atoms with Gasteiger partial charge in [0.15, 0.2) is 10.9 Å². The first-order valence-electron chi connectivity index (χ1n) is 11.1. The van der Waals surface area contributed by atoms with Crippen LogP contribution in [0.15, 0.2) is 87.4 Å². The van der Waals surface area contributed by atoms with E-state index in [1.165, 1.54) is 22.5 Å². The summed E-state index contributed by atoms with van der Waals surface area (Å²) in [6, 6.07) is 19.3. The van der Waals surface area contributed by atoms with Crippen LogP contribution < -0.4 is 20.3 Å². The number of carbonyl (C=O) groups is 1. The number of nitrogens with one attached hydrogen (secondary N) is 2. The number of nitrogens with zero attached hydrogens (tertiary/aromatic N) is 4. The summed E-state index contributed by atoms with van der Waals surface area (Å²) in [5.41, 5.74) is 0.987. The van der Waals surface area contributed by atoms with Crippen molar-refractivity contribution < 1.29 is 18.7 Å². The molecule has 0 spiro atoms. The number of furan rings is 1. The molecule has 2 aromatic carbocycles. The summed E-state index contributed by atoms with van der Waals surface area (Å²) in [6.07, 6.45) is 1.54. The van der Waals surface area contributed by atoms with Crippen LogP contribution in [0.25, 0.3) is 23.0 Å². The molecule has 3 aromatic heterocycles. The molecule has 188 valence electrons. The highest BCUT2D eigenvalue weighted by Crippen LogP contribution is 2.35. The summed E-state index contributed by atoms with van der Waals surface area (Å²) in [5, 5.41) is 14.6. The fraction of sp³-hybridized carbons (Fsp3) is 0.120. The van der Waals surface area contributed by atoms with Crippen LogP contribution in [-0.2, 0) is 4.79 Å². The van der Waals surface area contributed by atoms with Crippen molar-refractivity contribution in [1.82, 2.24) is 24.5 Å². The maximum Gasteiger partial charge on any atom is 0.273 e. The zero-order valence-electron chi connectivity index (χ0n) is 19.9. The van der Waals surface area contributed by atoms with Crippen molar-refractivity contribution in [3.05, 3.63) is 83.3 Å². The minimum absolute atomic E-state index is 0.00111. The topological polar surface area (TPSA) is 129 Å². The highest BCUT2D eigenvalue weighted by Gasteiger charge is 2.22. The fourth-order valence-electron chi connectivity index (χ4n) is 3.66. The van der Waals surface area contributed by atoms with Gasteiger partial charge in [-0.3, -0.25) is 19.3 Å². The molecule has 0 aliphatic carbocycles. The highest BCUT2D eigenvalue weighted by molar-refractivity contribution is 7.99. The maximum absolute atomic E-state index is 12.8. The van der Waals surface area contributed by atoms with Gasteiger partial charge in [-0.25, -0.2) is 4.68 Å². The van der Waals surface area contributed by atoms with Crippen molar-refractivity contribution in [2.45, 2.75) is 5.16 Å². The predicted octanol–water partition coefficient (Wildman–Crippen LogP) is 3.75. The summed E-state index contributed by atoms with van der Waals surface area (Å²) in [4.78, 5) is 25.1. The number of rotatable bonds is 9. The van der Waals surface area contributed by atoms with Gasteiger partial charge in [-0.05, 0) is 36.4 Å². The summed E-state index contributed by atoms with van der Waals surface area (Å²) in [6.45, 7) is 0. The van der Waals surface area contributed by atoms with Gasteiger partial charge >= 0.3 is 0 Å². The second-order valence-corrected chi connectivity index (χ2v) is 8.62. The van der Waals surface area contributed by atoms with Crippen LogP contribution >= 0.6 is 11.8 Å². The van der Waals surface area contributed by atoms with E-state index in [0.717, 1.165) is 0 Å². The van der Waals surface area contributed by atoms with Gasteiger partial charge in [0.25, 0.3) is 5.56 Å². The van der Waals surface area contributed by atoms with E-state index in [0.29, 0.717) is 39.6 Å². The van der Waals surface area contributed by atoms with Crippen LogP contribution in [0.4, 0.5) is 5.82 Å². The molecule has 0 bridgehead atoms. The quantitative estimate of drug-likeness (QED) is 0.282. The van der Waals surface area contributed by atoms with Crippen LogP contribution in [0, 0.1) is 0 Å². The largest absolute Gasteiger partial charge is 0.497 e. The van der Waals surface area contributed by atoms with Gasteiger partial charge in [-0.1, -0.05) is 30.0 Å². The molecule has 3 heterocycles. The molecule has 2 N–H and O–H groups in total. The molecule has 5 rings (SSSR count). The Hall–Kier alpha value is -4.71. The molecule has 0 aliphatic heterocycles. The van der Waals surface area contributed by atoms with E-state index in [2.05, 4.69) is 20.6 Å². The van der Waals surface area contributed by atoms with Crippen LogP contribution in [0.1, 0.15) is 0 Å². The van der Waals surface area contributed by atoms with E-state index in [4.69, 9.17) is 13.9 Å². The Balaban J connectivity index is 1.40. The van der Waals surface area contributed by atoms with Crippen LogP contribution in [0.2, 0.25) is 0 Å². The molecule has 0 aliphatic rings. The molecule has 11 nitrogen and oxygen atoms in total. The van der Waals surface area contributed by atoms with E-state index in [1.54, 1.807) is 67.5 Å². The number of carbonyl (C=O) groups excluding carboxylic acids is 1. The van der Waals surface area contributed by atoms with Crippen molar-refractivity contribution in [2.24, 2.45) is 0 Å². The van der Waals surface area contributed by atoms with Gasteiger partial charge in [0.2, 0.25) is 11.7 Å². The number of thioether (sulfide) groups is 1. The molecule has 0 unspecified atom stereocenters. The second kappa shape index (κ2) is 10.5. The van der Waals surface area contributed by atoms with E-state index in [-0.39, 0.29) is 23.0 Å². The average molecular weight is 519 g/mol. The van der Waals surface area contributed by atoms with Gasteiger partial charge in [0, 0.05) is 12.1 Å². The van der Waals surface area contributed by atoms with Crippen molar-refractivity contribution in [1.29, 1.82) is 0 Å². The first-order chi connectivity index (χ1) is 18.1. The lowest BCUT2D eigenvalue weighted by molar-refractivity contribution is -0.113. The Morgan fingerprint density at radius 2 is 1.89 bits per heavy atom. The van der Waals surface area contributed by atoms with Crippen molar-refractivity contribution in [2.75, 3.05) is 25.3 Å². The van der Waals surface area contributed by atoms with E-state index in [1.807, 2.05) is 18.2 Å². The van der Waals surface area contributed by atoms with Gasteiger partial charge in [0.1, 0.15) is 17.3 Å². The zero-order chi connectivity index (χ0) is 25.8. The van der Waals surface area contributed by atoms with Crippen LogP contribution in [0.5, 0.6) is 11.5 Å². The standard InChI is InChI=1S/C25H22N6O5S/c1-34-17-10-11-19(35-2)18(13-17)30-24(20-9-6-12-36-20)27-28-25(30)37-15-22(32)26-21-14-23(33)31(29-21)16-7-4-3-5-8-16/h3-14,29H,15H2,1-2H3,(H,26,32). The van der Waals surface area contributed by atoms with Crippen molar-refractivity contribution >= 4 is 23.5 Å². The Bertz CT molecular complexity index is 1570. The van der Waals surface area contributed by atoms with Gasteiger partial charge in [-0.15, -0.1) is 10.2 Å². The third-order valence-corrected chi connectivity index (χ3v) is 6.27. The Morgan fingerprint density at radius 1 is 1.05 bits per heavy atom. The molecular formula is C25H22N6O5S. The van der Waals surface area contributed by atoms with Gasteiger partial charge < -0.3 is 19.2 Å². The minimum atomic E-state index is -0.335. The fourth-order valence-corrected chi connectivity index (χ4v) is 4.41. The summed E-state index contributed by atoms with van der Waals surface area (Å²) >= 11 is 1.17. The lowest BCUT2D eigenvalue weighted by Gasteiger charge is -2.14. The number of H-pyrrole nitrogens is 1. The summed E-state index contributed by atoms with van der Waals surface area (Å²) in [7, 11) is 3.13. The zero-order valence-corrected chi connectivity index (χ0v) is 20.7. The molecule has 0 saturated heterocycles. The first kappa shape index (κ1) is 24.0. The monoisotopic (exact) mass is 518 g/mol. The number of anilines is 1. The van der Waals surface area contributed by atoms with E-state index < -0.39 is 0 Å². The number of benzene rings is 2. The molecule has 12 heteroatoms. The van der Waals surface area contributed by atoms with Crippen LogP contribution in [-0.4, -0.2) is 50.4 Å². The molecular weight excluding hydrogens is 496 g/mol. The number of methoxy groups -OCH3 is 2. The normalized spacial score (nSPS) is 10.9. The number of hydrogen-bond acceptors (Lipinski definition) is 8. The third-order valence-electron chi connectivity index (χ3n) is 5.34. The van der Waals surface area contributed by atoms with E-state index >= 15 is 0 Å². The van der Waals surface area contributed by atoms with Gasteiger partial charge in [-0.2, -0.15) is 0 Å². The molecule has 0 saturated carbocycles. The van der Waals surface area contributed by atoms with Crippen molar-refractivity contribution in [3.8, 4) is 34.5 Å².